The van der Waals surface area contributed by atoms with Gasteiger partial charge in [-0.3, -0.25) is 4.79 Å². The zero-order chi connectivity index (χ0) is 8.27. The average molecular weight is 215 g/mol. The monoisotopic (exact) mass is 214 g/mol. The summed E-state index contributed by atoms with van der Waals surface area (Å²) in [6.45, 7) is -0.442. The molecule has 0 saturated heterocycles. The van der Waals surface area contributed by atoms with Gasteiger partial charge in [0.15, 0.2) is 5.78 Å². The Kier molecular flexibility index (Phi) is 2.79. The summed E-state index contributed by atoms with van der Waals surface area (Å²) in [5, 5.41) is 8.54. The van der Waals surface area contributed by atoms with E-state index in [0.29, 0.717) is 5.56 Å². The molecular formula is C8H7BrO2. The second-order valence-electron chi connectivity index (χ2n) is 2.06. The lowest BCUT2D eigenvalue weighted by atomic mass is 10.1. The van der Waals surface area contributed by atoms with Crippen LogP contribution in [-0.4, -0.2) is 17.5 Å². The van der Waals surface area contributed by atoms with Crippen LogP contribution in [0.4, 0.5) is 0 Å². The molecule has 1 aromatic rings. The van der Waals surface area contributed by atoms with Crippen molar-refractivity contribution in [3.63, 3.8) is 0 Å². The van der Waals surface area contributed by atoms with Gasteiger partial charge in [0.2, 0.25) is 0 Å². The van der Waals surface area contributed by atoms with Gasteiger partial charge in [0, 0.05) is 10.0 Å². The Bertz CT molecular complexity index is 271. The van der Waals surface area contributed by atoms with Crippen molar-refractivity contribution in [3.8, 4) is 0 Å². The maximum atomic E-state index is 11.0. The molecule has 58 valence electrons. The smallest absolute Gasteiger partial charge is 0.189 e. The van der Waals surface area contributed by atoms with Crippen LogP contribution in [0.15, 0.2) is 28.7 Å². The van der Waals surface area contributed by atoms with Crippen LogP contribution < -0.4 is 0 Å². The van der Waals surface area contributed by atoms with E-state index in [1.807, 2.05) is 6.07 Å². The van der Waals surface area contributed by atoms with Gasteiger partial charge in [0.25, 0.3) is 0 Å². The second-order valence-corrected chi connectivity index (χ2v) is 2.92. The maximum absolute atomic E-state index is 11.0. The highest BCUT2D eigenvalue weighted by Gasteiger charge is 2.06. The standard InChI is InChI=1S/C8H7BrO2/c9-7-4-2-1-3-6(7)8(11)5-10/h1-4,10H,5H2. The molecule has 1 N–H and O–H groups in total. The van der Waals surface area contributed by atoms with Gasteiger partial charge in [0.05, 0.1) is 0 Å². The fourth-order valence-corrected chi connectivity index (χ4v) is 1.28. The average Bonchev–Trinajstić information content (AvgIpc) is 2.04. The third-order valence-electron chi connectivity index (χ3n) is 1.32. The molecule has 11 heavy (non-hydrogen) atoms. The first-order valence-electron chi connectivity index (χ1n) is 3.14. The van der Waals surface area contributed by atoms with Crippen LogP contribution >= 0.6 is 15.9 Å². The molecule has 0 spiro atoms. The summed E-state index contributed by atoms with van der Waals surface area (Å²) in [6, 6.07) is 7.01. The van der Waals surface area contributed by atoms with E-state index < -0.39 is 6.61 Å². The number of carbonyl (C=O) groups excluding carboxylic acids is 1. The van der Waals surface area contributed by atoms with Crippen molar-refractivity contribution in [2.24, 2.45) is 0 Å². The van der Waals surface area contributed by atoms with Gasteiger partial charge in [-0.15, -0.1) is 0 Å². The summed E-state index contributed by atoms with van der Waals surface area (Å²) in [4.78, 5) is 11.0. The minimum Gasteiger partial charge on any atom is -0.388 e. The molecule has 0 unspecified atom stereocenters. The quantitative estimate of drug-likeness (QED) is 0.761. The maximum Gasteiger partial charge on any atom is 0.189 e. The van der Waals surface area contributed by atoms with Crippen molar-refractivity contribution < 1.29 is 9.90 Å². The number of rotatable bonds is 2. The van der Waals surface area contributed by atoms with Gasteiger partial charge in [-0.05, 0) is 6.07 Å². The Labute approximate surface area is 73.0 Å². The molecule has 0 aliphatic carbocycles. The van der Waals surface area contributed by atoms with Crippen LogP contribution in [0.1, 0.15) is 10.4 Å². The van der Waals surface area contributed by atoms with E-state index in [1.165, 1.54) is 0 Å². The highest BCUT2D eigenvalue weighted by molar-refractivity contribution is 9.10. The molecular weight excluding hydrogens is 208 g/mol. The summed E-state index contributed by atoms with van der Waals surface area (Å²) in [7, 11) is 0. The van der Waals surface area contributed by atoms with Crippen molar-refractivity contribution in [2.45, 2.75) is 0 Å². The molecule has 0 heterocycles. The number of ketones is 1. The second kappa shape index (κ2) is 3.64. The molecule has 0 amide bonds. The first kappa shape index (κ1) is 8.43. The molecule has 1 aromatic carbocycles. The zero-order valence-electron chi connectivity index (χ0n) is 5.75. The van der Waals surface area contributed by atoms with E-state index in [4.69, 9.17) is 5.11 Å². The summed E-state index contributed by atoms with van der Waals surface area (Å²) in [5.41, 5.74) is 0.523. The van der Waals surface area contributed by atoms with E-state index >= 15 is 0 Å². The van der Waals surface area contributed by atoms with Gasteiger partial charge in [-0.25, -0.2) is 0 Å². The molecule has 2 nitrogen and oxygen atoms in total. The highest BCUT2D eigenvalue weighted by atomic mass is 79.9. The molecule has 3 heteroatoms. The molecule has 0 aliphatic rings. The van der Waals surface area contributed by atoms with Crippen LogP contribution in [0.3, 0.4) is 0 Å². The van der Waals surface area contributed by atoms with Crippen molar-refractivity contribution in [3.05, 3.63) is 34.3 Å². The Morgan fingerprint density at radius 3 is 2.64 bits per heavy atom. The summed E-state index contributed by atoms with van der Waals surface area (Å²) in [5.74, 6) is -0.266. The van der Waals surface area contributed by atoms with Gasteiger partial charge >= 0.3 is 0 Å². The number of halogens is 1. The van der Waals surface area contributed by atoms with E-state index in [2.05, 4.69) is 15.9 Å². The first-order valence-corrected chi connectivity index (χ1v) is 3.93. The van der Waals surface area contributed by atoms with Crippen molar-refractivity contribution >= 4 is 21.7 Å². The van der Waals surface area contributed by atoms with Gasteiger partial charge in [0.1, 0.15) is 6.61 Å². The normalized spacial score (nSPS) is 9.64. The molecule has 1 rings (SSSR count). The number of benzene rings is 1. The Morgan fingerprint density at radius 1 is 1.45 bits per heavy atom. The molecule has 0 aromatic heterocycles. The molecule has 0 bridgehead atoms. The van der Waals surface area contributed by atoms with Crippen LogP contribution in [0, 0.1) is 0 Å². The topological polar surface area (TPSA) is 37.3 Å². The Morgan fingerprint density at radius 2 is 2.09 bits per heavy atom. The van der Waals surface area contributed by atoms with Gasteiger partial charge < -0.3 is 5.11 Å². The van der Waals surface area contributed by atoms with E-state index in [9.17, 15) is 4.79 Å². The van der Waals surface area contributed by atoms with Gasteiger partial charge in [-0.2, -0.15) is 0 Å². The largest absolute Gasteiger partial charge is 0.388 e. The first-order chi connectivity index (χ1) is 5.25. The van der Waals surface area contributed by atoms with E-state index in [0.717, 1.165) is 4.47 Å². The number of hydrogen-bond donors (Lipinski definition) is 1. The Balaban J connectivity index is 3.03. The predicted molar refractivity (Wildman–Crippen MR) is 45.6 cm³/mol. The number of aliphatic hydroxyl groups excluding tert-OH is 1. The Hall–Kier alpha value is -0.670. The molecule has 0 atom stereocenters. The third-order valence-corrected chi connectivity index (χ3v) is 2.01. The summed E-state index contributed by atoms with van der Waals surface area (Å²) in [6.07, 6.45) is 0. The van der Waals surface area contributed by atoms with Crippen LogP contribution in [0.25, 0.3) is 0 Å². The lowest BCUT2D eigenvalue weighted by Crippen LogP contribution is -2.04. The fraction of sp³-hybridized carbons (Fsp3) is 0.125. The minimum absolute atomic E-state index is 0.266. The van der Waals surface area contributed by atoms with E-state index in [1.54, 1.807) is 18.2 Å². The summed E-state index contributed by atoms with van der Waals surface area (Å²) < 4.78 is 0.721. The van der Waals surface area contributed by atoms with Crippen molar-refractivity contribution in [1.29, 1.82) is 0 Å². The van der Waals surface area contributed by atoms with Crippen molar-refractivity contribution in [2.75, 3.05) is 6.61 Å². The third kappa shape index (κ3) is 1.88. The number of aliphatic hydroxyl groups is 1. The van der Waals surface area contributed by atoms with Crippen LogP contribution in [0.2, 0.25) is 0 Å². The van der Waals surface area contributed by atoms with Crippen molar-refractivity contribution in [1.82, 2.24) is 0 Å². The number of carbonyl (C=O) groups is 1. The molecule has 0 fully saturated rings. The van der Waals surface area contributed by atoms with Crippen LogP contribution in [-0.2, 0) is 0 Å². The van der Waals surface area contributed by atoms with Gasteiger partial charge in [-0.1, -0.05) is 34.1 Å². The highest BCUT2D eigenvalue weighted by Crippen LogP contribution is 2.15. The van der Waals surface area contributed by atoms with E-state index in [-0.39, 0.29) is 5.78 Å². The lowest BCUT2D eigenvalue weighted by Gasteiger charge is -1.98. The SMILES string of the molecule is O=C(CO)c1ccccc1Br. The molecule has 0 aliphatic heterocycles. The van der Waals surface area contributed by atoms with Crippen LogP contribution in [0.5, 0.6) is 0 Å². The minimum atomic E-state index is -0.442. The predicted octanol–water partition coefficient (Wildman–Crippen LogP) is 1.62. The number of hydrogen-bond acceptors (Lipinski definition) is 2. The lowest BCUT2D eigenvalue weighted by molar-refractivity contribution is 0.0903. The fourth-order valence-electron chi connectivity index (χ4n) is 0.773. The molecule has 0 saturated carbocycles. The summed E-state index contributed by atoms with van der Waals surface area (Å²) >= 11 is 3.21. The zero-order valence-corrected chi connectivity index (χ0v) is 7.34. The number of Topliss-reactive ketones (excluding diaryl/α,β-unsaturated/α-hetero) is 1. The molecule has 0 radical (unpaired) electrons.